The van der Waals surface area contributed by atoms with E-state index in [2.05, 4.69) is 25.6 Å². The Morgan fingerprint density at radius 2 is 1.81 bits per heavy atom. The van der Waals surface area contributed by atoms with E-state index >= 15 is 0 Å². The number of carbonyl (C=O) groups excluding carboxylic acids is 1. The monoisotopic (exact) mass is 495 g/mol. The van der Waals surface area contributed by atoms with Crippen LogP contribution in [0.5, 0.6) is 5.75 Å². The smallest absolute Gasteiger partial charge is 0.406 e. The van der Waals surface area contributed by atoms with Crippen LogP contribution in [0.1, 0.15) is 30.9 Å². The molecule has 0 saturated heterocycles. The number of hydrazone groups is 1. The number of fused-ring (bicyclic) bond motifs is 1. The van der Waals surface area contributed by atoms with Crippen molar-refractivity contribution in [3.05, 3.63) is 77.9 Å². The van der Waals surface area contributed by atoms with Crippen LogP contribution in [-0.4, -0.2) is 28.2 Å². The highest BCUT2D eigenvalue weighted by atomic mass is 19.4. The molecule has 3 aromatic carbocycles. The number of anilines is 1. The minimum Gasteiger partial charge on any atom is -0.406 e. The molecule has 2 amide bonds. The van der Waals surface area contributed by atoms with Gasteiger partial charge in [0.15, 0.2) is 0 Å². The summed E-state index contributed by atoms with van der Waals surface area (Å²) in [6, 6.07) is 18.1. The Balaban J connectivity index is 1.46. The van der Waals surface area contributed by atoms with Crippen molar-refractivity contribution >= 4 is 29.0 Å². The molecule has 0 fully saturated rings. The highest BCUT2D eigenvalue weighted by Gasteiger charge is 2.31. The molecule has 0 saturated carbocycles. The van der Waals surface area contributed by atoms with Crippen molar-refractivity contribution in [1.29, 1.82) is 0 Å². The molecular formula is C26H24F3N5O2. The van der Waals surface area contributed by atoms with Gasteiger partial charge in [-0.3, -0.25) is 0 Å². The molecule has 7 nitrogen and oxygen atoms in total. The predicted molar refractivity (Wildman–Crippen MR) is 133 cm³/mol. The van der Waals surface area contributed by atoms with E-state index < -0.39 is 12.4 Å². The molecule has 4 rings (SSSR count). The summed E-state index contributed by atoms with van der Waals surface area (Å²) in [5, 5.41) is 6.84. The Bertz CT molecular complexity index is 1410. The molecule has 1 aromatic heterocycles. The molecule has 0 atom stereocenters. The lowest BCUT2D eigenvalue weighted by Crippen LogP contribution is -2.24. The number of aryl methyl sites for hydroxylation is 1. The van der Waals surface area contributed by atoms with Crippen molar-refractivity contribution in [2.75, 3.05) is 5.32 Å². The number of para-hydroxylation sites is 1. The number of amides is 2. The molecule has 0 radical (unpaired) electrons. The Hall–Kier alpha value is -4.34. The molecule has 186 valence electrons. The first kappa shape index (κ1) is 24.8. The number of nitrogens with zero attached hydrogens (tertiary/aromatic N) is 3. The topological polar surface area (TPSA) is 80.5 Å². The predicted octanol–water partition coefficient (Wildman–Crippen LogP) is 6.42. The van der Waals surface area contributed by atoms with Crippen LogP contribution in [-0.2, 0) is 7.05 Å². The van der Waals surface area contributed by atoms with Crippen LogP contribution >= 0.6 is 0 Å². The SMILES string of the molecule is CC(C)c1ccccc1NC(=O)N/N=C/c1ccc2nc(-c3ccc(OC(F)(F)F)cc3)n(C)c2c1. The highest BCUT2D eigenvalue weighted by molar-refractivity contribution is 5.92. The first-order valence-electron chi connectivity index (χ1n) is 11.1. The van der Waals surface area contributed by atoms with Crippen LogP contribution in [0.3, 0.4) is 0 Å². The summed E-state index contributed by atoms with van der Waals surface area (Å²) in [7, 11) is 1.81. The fourth-order valence-electron chi connectivity index (χ4n) is 3.78. The van der Waals surface area contributed by atoms with Crippen molar-refractivity contribution in [3.8, 4) is 17.1 Å². The number of hydrogen-bond donors (Lipinski definition) is 2. The maximum absolute atomic E-state index is 12.4. The van der Waals surface area contributed by atoms with Crippen molar-refractivity contribution in [1.82, 2.24) is 15.0 Å². The average molecular weight is 496 g/mol. The second-order valence-electron chi connectivity index (χ2n) is 8.38. The number of ether oxygens (including phenoxy) is 1. The van der Waals surface area contributed by atoms with Crippen molar-refractivity contribution in [2.45, 2.75) is 26.1 Å². The number of alkyl halides is 3. The van der Waals surface area contributed by atoms with Crippen LogP contribution in [0, 0.1) is 0 Å². The van der Waals surface area contributed by atoms with E-state index in [4.69, 9.17) is 0 Å². The lowest BCUT2D eigenvalue weighted by atomic mass is 10.0. The summed E-state index contributed by atoms with van der Waals surface area (Å²) in [4.78, 5) is 16.9. The summed E-state index contributed by atoms with van der Waals surface area (Å²) in [6.07, 6.45) is -3.23. The molecule has 0 spiro atoms. The number of rotatable bonds is 6. The van der Waals surface area contributed by atoms with E-state index in [1.165, 1.54) is 30.5 Å². The molecule has 0 aliphatic heterocycles. The molecule has 10 heteroatoms. The fourth-order valence-corrected chi connectivity index (χ4v) is 3.78. The van der Waals surface area contributed by atoms with Crippen LogP contribution in [0.4, 0.5) is 23.7 Å². The molecular weight excluding hydrogens is 471 g/mol. The average Bonchev–Trinajstić information content (AvgIpc) is 3.15. The first-order valence-corrected chi connectivity index (χ1v) is 11.1. The van der Waals surface area contributed by atoms with Gasteiger partial charge in [0, 0.05) is 18.3 Å². The van der Waals surface area contributed by atoms with E-state index in [1.54, 1.807) is 12.1 Å². The largest absolute Gasteiger partial charge is 0.573 e. The molecule has 0 aliphatic carbocycles. The summed E-state index contributed by atoms with van der Waals surface area (Å²) >= 11 is 0. The molecule has 4 aromatic rings. The van der Waals surface area contributed by atoms with Crippen LogP contribution < -0.4 is 15.5 Å². The van der Waals surface area contributed by atoms with E-state index in [0.29, 0.717) is 16.9 Å². The van der Waals surface area contributed by atoms with E-state index in [1.807, 2.05) is 55.8 Å². The van der Waals surface area contributed by atoms with E-state index in [0.717, 1.165) is 22.3 Å². The van der Waals surface area contributed by atoms with Crippen LogP contribution in [0.15, 0.2) is 71.8 Å². The quantitative estimate of drug-likeness (QED) is 0.239. The van der Waals surface area contributed by atoms with Crippen LogP contribution in [0.2, 0.25) is 0 Å². The molecule has 0 unspecified atom stereocenters. The van der Waals surface area contributed by atoms with Gasteiger partial charge in [-0.1, -0.05) is 38.1 Å². The van der Waals surface area contributed by atoms with Crippen molar-refractivity contribution < 1.29 is 22.7 Å². The zero-order valence-electron chi connectivity index (χ0n) is 19.8. The normalized spacial score (nSPS) is 11.9. The highest BCUT2D eigenvalue weighted by Crippen LogP contribution is 2.28. The third-order valence-corrected chi connectivity index (χ3v) is 5.46. The molecule has 0 aliphatic rings. The summed E-state index contributed by atoms with van der Waals surface area (Å²) < 4.78 is 43.0. The van der Waals surface area contributed by atoms with Crippen LogP contribution in [0.25, 0.3) is 22.4 Å². The second-order valence-corrected chi connectivity index (χ2v) is 8.38. The third kappa shape index (κ3) is 5.83. The molecule has 1 heterocycles. The second kappa shape index (κ2) is 10.1. The number of hydrogen-bond acceptors (Lipinski definition) is 4. The fraction of sp³-hybridized carbons (Fsp3) is 0.192. The van der Waals surface area contributed by atoms with Gasteiger partial charge in [0.1, 0.15) is 11.6 Å². The summed E-state index contributed by atoms with van der Waals surface area (Å²) in [6.45, 7) is 4.10. The van der Waals surface area contributed by atoms with Gasteiger partial charge >= 0.3 is 12.4 Å². The van der Waals surface area contributed by atoms with Gasteiger partial charge in [-0.05, 0) is 59.5 Å². The van der Waals surface area contributed by atoms with Crippen molar-refractivity contribution in [3.63, 3.8) is 0 Å². The number of imidazole rings is 1. The van der Waals surface area contributed by atoms with Gasteiger partial charge in [-0.15, -0.1) is 13.2 Å². The van der Waals surface area contributed by atoms with E-state index in [9.17, 15) is 18.0 Å². The standard InChI is InChI=1S/C26H24F3N5O2/c1-16(2)20-6-4-5-7-21(20)32-25(35)33-30-15-17-8-13-22-23(14-17)34(3)24(31-22)18-9-11-19(12-10-18)36-26(27,28)29/h4-16H,1-3H3,(H2,32,33,35)/b30-15+. The molecule has 2 N–H and O–H groups in total. The number of benzene rings is 3. The Morgan fingerprint density at radius 3 is 2.50 bits per heavy atom. The van der Waals surface area contributed by atoms with Gasteiger partial charge in [0.2, 0.25) is 0 Å². The van der Waals surface area contributed by atoms with Gasteiger partial charge in [0.25, 0.3) is 0 Å². The van der Waals surface area contributed by atoms with Gasteiger partial charge in [-0.25, -0.2) is 15.2 Å². The molecule has 36 heavy (non-hydrogen) atoms. The number of nitrogens with one attached hydrogen (secondary N) is 2. The zero-order valence-corrected chi connectivity index (χ0v) is 19.8. The first-order chi connectivity index (χ1) is 17.1. The van der Waals surface area contributed by atoms with Crippen molar-refractivity contribution in [2.24, 2.45) is 12.1 Å². The maximum Gasteiger partial charge on any atom is 0.573 e. The summed E-state index contributed by atoms with van der Waals surface area (Å²) in [5.74, 6) is 0.540. The molecule has 0 bridgehead atoms. The zero-order chi connectivity index (χ0) is 25.9. The number of carbonyl (C=O) groups is 1. The summed E-state index contributed by atoms with van der Waals surface area (Å²) in [5.41, 5.74) is 7.08. The van der Waals surface area contributed by atoms with Gasteiger partial charge < -0.3 is 14.6 Å². The number of halogens is 3. The Labute approximate surface area is 205 Å². The number of urea groups is 1. The van der Waals surface area contributed by atoms with Gasteiger partial charge in [-0.2, -0.15) is 5.10 Å². The third-order valence-electron chi connectivity index (χ3n) is 5.46. The Morgan fingerprint density at radius 1 is 1.08 bits per heavy atom. The van der Waals surface area contributed by atoms with Gasteiger partial charge in [0.05, 0.1) is 17.2 Å². The Kier molecular flexibility index (Phi) is 6.96. The van der Waals surface area contributed by atoms with E-state index in [-0.39, 0.29) is 11.7 Å². The minimum atomic E-state index is -4.74. The lowest BCUT2D eigenvalue weighted by molar-refractivity contribution is -0.274. The lowest BCUT2D eigenvalue weighted by Gasteiger charge is -2.12. The minimum absolute atomic E-state index is 0.256. The maximum atomic E-state index is 12.4. The number of aromatic nitrogens is 2.